The van der Waals surface area contributed by atoms with E-state index in [2.05, 4.69) is 23.2 Å². The molecular formula is C19H16N2OS. The van der Waals surface area contributed by atoms with E-state index in [1.54, 1.807) is 17.5 Å². The third-order valence-corrected chi connectivity index (χ3v) is 5.09. The fraction of sp³-hybridized carbons (Fsp3) is 0.158. The summed E-state index contributed by atoms with van der Waals surface area (Å²) in [5, 5.41) is 2.03. The van der Waals surface area contributed by atoms with Gasteiger partial charge in [-0.1, -0.05) is 30.3 Å². The molecule has 4 heteroatoms. The maximum Gasteiger partial charge on any atom is 0.255 e. The van der Waals surface area contributed by atoms with Crippen LogP contribution >= 0.6 is 11.3 Å². The van der Waals surface area contributed by atoms with E-state index in [4.69, 9.17) is 0 Å². The Hall–Kier alpha value is -2.46. The average Bonchev–Trinajstić information content (AvgIpc) is 3.15. The lowest BCUT2D eigenvalue weighted by Crippen LogP contribution is -2.35. The van der Waals surface area contributed by atoms with Gasteiger partial charge in [-0.05, 0) is 41.1 Å². The van der Waals surface area contributed by atoms with Crippen molar-refractivity contribution in [3.05, 3.63) is 76.8 Å². The molecule has 2 aromatic heterocycles. The molecule has 0 bridgehead atoms. The van der Waals surface area contributed by atoms with Crippen molar-refractivity contribution >= 4 is 17.2 Å². The first kappa shape index (κ1) is 14.2. The van der Waals surface area contributed by atoms with Crippen LogP contribution in [0.2, 0.25) is 0 Å². The Kier molecular flexibility index (Phi) is 3.67. The SMILES string of the molecule is O=C(c1ccc(-c2cccs2)nc1)N1CCc2ccccc2C1. The van der Waals surface area contributed by atoms with Gasteiger partial charge in [-0.25, -0.2) is 0 Å². The molecule has 23 heavy (non-hydrogen) atoms. The standard InChI is InChI=1S/C19H16N2OS/c22-19(21-10-9-14-4-1-2-5-16(14)13-21)15-7-8-17(20-12-15)18-6-3-11-23-18/h1-8,11-12H,9-10,13H2. The highest BCUT2D eigenvalue weighted by atomic mass is 32.1. The normalized spacial score (nSPS) is 13.7. The van der Waals surface area contributed by atoms with Gasteiger partial charge >= 0.3 is 0 Å². The van der Waals surface area contributed by atoms with Gasteiger partial charge in [-0.3, -0.25) is 9.78 Å². The summed E-state index contributed by atoms with van der Waals surface area (Å²) in [6.07, 6.45) is 2.61. The number of carbonyl (C=O) groups is 1. The minimum Gasteiger partial charge on any atom is -0.334 e. The lowest BCUT2D eigenvalue weighted by molar-refractivity contribution is 0.0734. The molecule has 0 aliphatic carbocycles. The molecule has 0 atom stereocenters. The summed E-state index contributed by atoms with van der Waals surface area (Å²) in [7, 11) is 0. The molecule has 114 valence electrons. The van der Waals surface area contributed by atoms with E-state index in [0.717, 1.165) is 23.5 Å². The predicted octanol–water partition coefficient (Wildman–Crippen LogP) is 4.01. The third kappa shape index (κ3) is 2.78. The monoisotopic (exact) mass is 320 g/mol. The van der Waals surface area contributed by atoms with Crippen LogP contribution in [0, 0.1) is 0 Å². The van der Waals surface area contributed by atoms with Gasteiger partial charge < -0.3 is 4.90 Å². The number of hydrogen-bond acceptors (Lipinski definition) is 3. The Morgan fingerprint density at radius 3 is 2.65 bits per heavy atom. The molecule has 3 nitrogen and oxygen atoms in total. The Balaban J connectivity index is 1.53. The zero-order chi connectivity index (χ0) is 15.6. The Morgan fingerprint density at radius 1 is 1.04 bits per heavy atom. The van der Waals surface area contributed by atoms with E-state index in [9.17, 15) is 4.79 Å². The molecule has 0 fully saturated rings. The minimum atomic E-state index is 0.0599. The van der Waals surface area contributed by atoms with Gasteiger partial charge in [0.15, 0.2) is 0 Å². The number of pyridine rings is 1. The van der Waals surface area contributed by atoms with Crippen molar-refractivity contribution in [3.8, 4) is 10.6 Å². The number of thiophene rings is 1. The van der Waals surface area contributed by atoms with Crippen LogP contribution in [0.25, 0.3) is 10.6 Å². The molecule has 1 aliphatic heterocycles. The van der Waals surface area contributed by atoms with Crippen molar-refractivity contribution in [2.45, 2.75) is 13.0 Å². The minimum absolute atomic E-state index is 0.0599. The number of hydrogen-bond donors (Lipinski definition) is 0. The van der Waals surface area contributed by atoms with Crippen LogP contribution in [0.4, 0.5) is 0 Å². The summed E-state index contributed by atoms with van der Waals surface area (Å²) >= 11 is 1.65. The number of benzene rings is 1. The zero-order valence-corrected chi connectivity index (χ0v) is 13.4. The second-order valence-corrected chi connectivity index (χ2v) is 6.60. The summed E-state index contributed by atoms with van der Waals surface area (Å²) < 4.78 is 0. The van der Waals surface area contributed by atoms with Gasteiger partial charge in [-0.2, -0.15) is 0 Å². The molecule has 0 saturated carbocycles. The van der Waals surface area contributed by atoms with E-state index in [1.807, 2.05) is 40.6 Å². The van der Waals surface area contributed by atoms with Crippen LogP contribution in [-0.2, 0) is 13.0 Å². The van der Waals surface area contributed by atoms with Crippen molar-refractivity contribution in [1.82, 2.24) is 9.88 Å². The van der Waals surface area contributed by atoms with Crippen LogP contribution < -0.4 is 0 Å². The molecule has 0 spiro atoms. The number of fused-ring (bicyclic) bond motifs is 1. The van der Waals surface area contributed by atoms with E-state index in [-0.39, 0.29) is 5.91 Å². The molecule has 3 heterocycles. The summed E-state index contributed by atoms with van der Waals surface area (Å²) in [5.41, 5.74) is 4.17. The summed E-state index contributed by atoms with van der Waals surface area (Å²) in [5.74, 6) is 0.0599. The summed E-state index contributed by atoms with van der Waals surface area (Å²) in [4.78, 5) is 20.2. The van der Waals surface area contributed by atoms with E-state index >= 15 is 0 Å². The molecular weight excluding hydrogens is 304 g/mol. The molecule has 4 rings (SSSR count). The molecule has 0 unspecified atom stereocenters. The maximum absolute atomic E-state index is 12.7. The average molecular weight is 320 g/mol. The third-order valence-electron chi connectivity index (χ3n) is 4.20. The lowest BCUT2D eigenvalue weighted by atomic mass is 9.99. The topological polar surface area (TPSA) is 33.2 Å². The van der Waals surface area contributed by atoms with Gasteiger partial charge in [0.05, 0.1) is 16.1 Å². The summed E-state index contributed by atoms with van der Waals surface area (Å²) in [6, 6.07) is 16.2. The van der Waals surface area contributed by atoms with Gasteiger partial charge in [0.25, 0.3) is 5.91 Å². The number of nitrogens with zero attached hydrogens (tertiary/aromatic N) is 2. The summed E-state index contributed by atoms with van der Waals surface area (Å²) in [6.45, 7) is 1.45. The van der Waals surface area contributed by atoms with E-state index < -0.39 is 0 Å². The van der Waals surface area contributed by atoms with Crippen molar-refractivity contribution in [3.63, 3.8) is 0 Å². The molecule has 1 aromatic carbocycles. The van der Waals surface area contributed by atoms with Crippen LogP contribution in [0.3, 0.4) is 0 Å². The van der Waals surface area contributed by atoms with E-state index in [1.165, 1.54) is 11.1 Å². The number of rotatable bonds is 2. The molecule has 1 amide bonds. The molecule has 0 saturated heterocycles. The molecule has 0 N–H and O–H groups in total. The number of amides is 1. The van der Waals surface area contributed by atoms with Gasteiger partial charge in [0, 0.05) is 19.3 Å². The Bertz CT molecular complexity index is 825. The highest BCUT2D eigenvalue weighted by Crippen LogP contribution is 2.24. The number of aromatic nitrogens is 1. The first-order chi connectivity index (χ1) is 11.3. The van der Waals surface area contributed by atoms with Crippen molar-refractivity contribution in [2.75, 3.05) is 6.54 Å². The first-order valence-electron chi connectivity index (χ1n) is 7.67. The maximum atomic E-state index is 12.7. The largest absolute Gasteiger partial charge is 0.334 e. The molecule has 0 radical (unpaired) electrons. The fourth-order valence-corrected chi connectivity index (χ4v) is 3.64. The van der Waals surface area contributed by atoms with Crippen LogP contribution in [0.1, 0.15) is 21.5 Å². The fourth-order valence-electron chi connectivity index (χ4n) is 2.94. The second kappa shape index (κ2) is 5.97. The van der Waals surface area contributed by atoms with Gasteiger partial charge in [0.1, 0.15) is 0 Å². The van der Waals surface area contributed by atoms with Crippen molar-refractivity contribution in [2.24, 2.45) is 0 Å². The first-order valence-corrected chi connectivity index (χ1v) is 8.55. The molecule has 1 aliphatic rings. The van der Waals surface area contributed by atoms with E-state index in [0.29, 0.717) is 12.1 Å². The van der Waals surface area contributed by atoms with Gasteiger partial charge in [0.2, 0.25) is 0 Å². The van der Waals surface area contributed by atoms with Crippen molar-refractivity contribution in [1.29, 1.82) is 0 Å². The number of carbonyl (C=O) groups excluding carboxylic acids is 1. The Labute approximate surface area is 139 Å². The second-order valence-electron chi connectivity index (χ2n) is 5.65. The highest BCUT2D eigenvalue weighted by Gasteiger charge is 2.21. The highest BCUT2D eigenvalue weighted by molar-refractivity contribution is 7.13. The van der Waals surface area contributed by atoms with Crippen LogP contribution in [0.5, 0.6) is 0 Å². The van der Waals surface area contributed by atoms with Crippen molar-refractivity contribution < 1.29 is 4.79 Å². The van der Waals surface area contributed by atoms with Gasteiger partial charge in [-0.15, -0.1) is 11.3 Å². The predicted molar refractivity (Wildman–Crippen MR) is 92.4 cm³/mol. The van der Waals surface area contributed by atoms with Crippen LogP contribution in [-0.4, -0.2) is 22.3 Å². The smallest absolute Gasteiger partial charge is 0.255 e. The quantitative estimate of drug-likeness (QED) is 0.715. The lowest BCUT2D eigenvalue weighted by Gasteiger charge is -2.28. The zero-order valence-electron chi connectivity index (χ0n) is 12.6. The van der Waals surface area contributed by atoms with Crippen LogP contribution in [0.15, 0.2) is 60.1 Å². The molecule has 3 aromatic rings. The Morgan fingerprint density at radius 2 is 1.91 bits per heavy atom.